The van der Waals surface area contributed by atoms with Crippen LogP contribution in [0.4, 0.5) is 0 Å². The molecule has 0 bridgehead atoms. The molecular weight excluding hydrogens is 360 g/mol. The molecule has 2 aromatic carbocycles. The summed E-state index contributed by atoms with van der Waals surface area (Å²) >= 11 is 0. The van der Waals surface area contributed by atoms with Crippen LogP contribution in [0.25, 0.3) is 0 Å². The highest BCUT2D eigenvalue weighted by Gasteiger charge is 2.10. The Morgan fingerprint density at radius 1 is 0.966 bits per heavy atom. The molecule has 3 aromatic rings. The van der Waals surface area contributed by atoms with Gasteiger partial charge < -0.3 is 10.1 Å². The molecule has 146 valence electrons. The van der Waals surface area contributed by atoms with Crippen molar-refractivity contribution in [2.75, 3.05) is 6.61 Å². The van der Waals surface area contributed by atoms with E-state index in [2.05, 4.69) is 34.3 Å². The quantitative estimate of drug-likeness (QED) is 0.647. The minimum Gasteiger partial charge on any atom is -0.494 e. The van der Waals surface area contributed by atoms with Gasteiger partial charge in [0, 0.05) is 35.1 Å². The number of benzene rings is 2. The normalized spacial score (nSPS) is 11.1. The van der Waals surface area contributed by atoms with E-state index >= 15 is 0 Å². The number of nitrogens with zero attached hydrogens (tertiary/aromatic N) is 1. The number of rotatable bonds is 6. The van der Waals surface area contributed by atoms with Gasteiger partial charge in [-0.15, -0.1) is 0 Å². The third kappa shape index (κ3) is 6.22. The van der Waals surface area contributed by atoms with Crippen LogP contribution >= 0.6 is 0 Å². The minimum absolute atomic E-state index is 0.0245. The van der Waals surface area contributed by atoms with Crippen molar-refractivity contribution >= 4 is 5.91 Å². The topological polar surface area (TPSA) is 51.2 Å². The maximum atomic E-state index is 12.2. The fraction of sp³-hybridized carbons (Fsp3) is 0.200. The van der Waals surface area contributed by atoms with E-state index in [1.54, 1.807) is 24.5 Å². The second-order valence-corrected chi connectivity index (χ2v) is 6.72. The number of amides is 1. The number of pyridine rings is 1. The number of ether oxygens (including phenoxy) is 1. The number of nitrogens with one attached hydrogen (secondary N) is 1. The SMILES string of the molecule is CCOc1ccc(C#Cc2ccc(CC(C)NC(=O)c3ccncc3)cc2)cc1. The lowest BCUT2D eigenvalue weighted by Gasteiger charge is -2.14. The van der Waals surface area contributed by atoms with E-state index in [1.165, 1.54) is 0 Å². The molecule has 0 saturated heterocycles. The Balaban J connectivity index is 1.55. The van der Waals surface area contributed by atoms with Crippen LogP contribution in [-0.2, 0) is 6.42 Å². The van der Waals surface area contributed by atoms with Crippen molar-refractivity contribution in [3.05, 3.63) is 95.3 Å². The van der Waals surface area contributed by atoms with Crippen LogP contribution in [0.3, 0.4) is 0 Å². The van der Waals surface area contributed by atoms with Crippen LogP contribution in [0.5, 0.6) is 5.75 Å². The number of carbonyl (C=O) groups is 1. The molecule has 0 aliphatic heterocycles. The predicted molar refractivity (Wildman–Crippen MR) is 115 cm³/mol. The monoisotopic (exact) mass is 384 g/mol. The average Bonchev–Trinajstić information content (AvgIpc) is 2.75. The zero-order valence-corrected chi connectivity index (χ0v) is 16.7. The third-order valence-electron chi connectivity index (χ3n) is 4.33. The van der Waals surface area contributed by atoms with Crippen LogP contribution in [-0.4, -0.2) is 23.5 Å². The van der Waals surface area contributed by atoms with E-state index < -0.39 is 0 Å². The molecule has 0 saturated carbocycles. The Kier molecular flexibility index (Phi) is 7.02. The molecule has 4 heteroatoms. The van der Waals surface area contributed by atoms with Crippen molar-refractivity contribution in [3.8, 4) is 17.6 Å². The Morgan fingerprint density at radius 3 is 2.14 bits per heavy atom. The number of hydrogen-bond donors (Lipinski definition) is 1. The van der Waals surface area contributed by atoms with E-state index in [0.717, 1.165) is 28.9 Å². The Hall–Kier alpha value is -3.58. The average molecular weight is 384 g/mol. The zero-order valence-electron chi connectivity index (χ0n) is 16.7. The van der Waals surface area contributed by atoms with Gasteiger partial charge in [-0.25, -0.2) is 0 Å². The molecular formula is C25H24N2O2. The summed E-state index contributed by atoms with van der Waals surface area (Å²) in [6, 6.07) is 19.3. The van der Waals surface area contributed by atoms with E-state index in [4.69, 9.17) is 4.74 Å². The summed E-state index contributed by atoms with van der Waals surface area (Å²) in [5.74, 6) is 7.12. The summed E-state index contributed by atoms with van der Waals surface area (Å²) in [7, 11) is 0. The lowest BCUT2D eigenvalue weighted by Crippen LogP contribution is -2.34. The maximum absolute atomic E-state index is 12.2. The van der Waals surface area contributed by atoms with Gasteiger partial charge >= 0.3 is 0 Å². The molecule has 0 fully saturated rings. The van der Waals surface area contributed by atoms with E-state index in [0.29, 0.717) is 12.2 Å². The lowest BCUT2D eigenvalue weighted by molar-refractivity contribution is 0.0940. The molecule has 4 nitrogen and oxygen atoms in total. The molecule has 1 N–H and O–H groups in total. The Morgan fingerprint density at radius 2 is 1.55 bits per heavy atom. The van der Waals surface area contributed by atoms with E-state index in [9.17, 15) is 4.79 Å². The van der Waals surface area contributed by atoms with E-state index in [1.807, 2.05) is 50.2 Å². The first-order valence-corrected chi connectivity index (χ1v) is 9.69. The van der Waals surface area contributed by atoms with Crippen molar-refractivity contribution in [3.63, 3.8) is 0 Å². The van der Waals surface area contributed by atoms with Crippen molar-refractivity contribution in [2.45, 2.75) is 26.3 Å². The fourth-order valence-electron chi connectivity index (χ4n) is 2.88. The van der Waals surface area contributed by atoms with Gasteiger partial charge in [-0.3, -0.25) is 9.78 Å². The highest BCUT2D eigenvalue weighted by molar-refractivity contribution is 5.94. The second-order valence-electron chi connectivity index (χ2n) is 6.72. The molecule has 1 atom stereocenters. The second kappa shape index (κ2) is 10.1. The van der Waals surface area contributed by atoms with Gasteiger partial charge in [-0.2, -0.15) is 0 Å². The molecule has 0 spiro atoms. The van der Waals surface area contributed by atoms with Gasteiger partial charge in [-0.1, -0.05) is 24.0 Å². The van der Waals surface area contributed by atoms with Gasteiger partial charge in [0.2, 0.25) is 0 Å². The molecule has 0 aliphatic rings. The first kappa shape index (κ1) is 20.2. The van der Waals surface area contributed by atoms with Gasteiger partial charge in [0.1, 0.15) is 5.75 Å². The summed E-state index contributed by atoms with van der Waals surface area (Å²) in [5, 5.41) is 3.01. The van der Waals surface area contributed by atoms with Crippen molar-refractivity contribution < 1.29 is 9.53 Å². The largest absolute Gasteiger partial charge is 0.494 e. The minimum atomic E-state index is -0.0854. The first-order chi connectivity index (χ1) is 14.1. The van der Waals surface area contributed by atoms with Crippen LogP contribution < -0.4 is 10.1 Å². The van der Waals surface area contributed by atoms with Gasteiger partial charge in [0.05, 0.1) is 6.61 Å². The predicted octanol–water partition coefficient (Wildman–Crippen LogP) is 4.24. The molecule has 3 rings (SSSR count). The van der Waals surface area contributed by atoms with Crippen molar-refractivity contribution in [1.82, 2.24) is 10.3 Å². The summed E-state index contributed by atoms with van der Waals surface area (Å²) in [5.41, 5.74) is 3.67. The molecule has 1 aromatic heterocycles. The third-order valence-corrected chi connectivity index (χ3v) is 4.33. The van der Waals surface area contributed by atoms with Gasteiger partial charge in [0.15, 0.2) is 0 Å². The number of carbonyl (C=O) groups excluding carboxylic acids is 1. The molecule has 29 heavy (non-hydrogen) atoms. The van der Waals surface area contributed by atoms with Crippen LogP contribution in [0.1, 0.15) is 40.9 Å². The summed E-state index contributed by atoms with van der Waals surface area (Å²) in [6.45, 7) is 4.62. The highest BCUT2D eigenvalue weighted by atomic mass is 16.5. The highest BCUT2D eigenvalue weighted by Crippen LogP contribution is 2.12. The molecule has 0 radical (unpaired) electrons. The molecule has 0 aliphatic carbocycles. The van der Waals surface area contributed by atoms with Gasteiger partial charge in [0.25, 0.3) is 5.91 Å². The fourth-order valence-corrected chi connectivity index (χ4v) is 2.88. The molecule has 1 heterocycles. The smallest absolute Gasteiger partial charge is 0.251 e. The van der Waals surface area contributed by atoms with Crippen LogP contribution in [0, 0.1) is 11.8 Å². The number of hydrogen-bond acceptors (Lipinski definition) is 3. The summed E-state index contributed by atoms with van der Waals surface area (Å²) in [6.07, 6.45) is 3.99. The van der Waals surface area contributed by atoms with E-state index in [-0.39, 0.29) is 11.9 Å². The molecule has 1 unspecified atom stereocenters. The van der Waals surface area contributed by atoms with Crippen LogP contribution in [0.15, 0.2) is 73.1 Å². The summed E-state index contributed by atoms with van der Waals surface area (Å²) < 4.78 is 5.44. The first-order valence-electron chi connectivity index (χ1n) is 9.69. The summed E-state index contributed by atoms with van der Waals surface area (Å²) in [4.78, 5) is 16.1. The Bertz CT molecular complexity index is 985. The van der Waals surface area contributed by atoms with Crippen molar-refractivity contribution in [1.29, 1.82) is 0 Å². The van der Waals surface area contributed by atoms with Gasteiger partial charge in [-0.05, 0) is 74.4 Å². The maximum Gasteiger partial charge on any atom is 0.251 e. The van der Waals surface area contributed by atoms with Crippen molar-refractivity contribution in [2.24, 2.45) is 0 Å². The number of aromatic nitrogens is 1. The Labute approximate surface area is 172 Å². The standard InChI is InChI=1S/C25H24N2O2/c1-3-29-24-12-10-21(11-13-24)5-4-20-6-8-22(9-7-20)18-19(2)27-25(28)23-14-16-26-17-15-23/h6-17,19H,3,18H2,1-2H3,(H,27,28). The lowest BCUT2D eigenvalue weighted by atomic mass is 10.0. The zero-order chi connectivity index (χ0) is 20.5. The molecule has 1 amide bonds. The van der Waals surface area contributed by atoms with Crippen LogP contribution in [0.2, 0.25) is 0 Å².